The van der Waals surface area contributed by atoms with Crippen molar-refractivity contribution in [2.24, 2.45) is 0 Å². The molecule has 134 valence electrons. The number of carbonyl (C=O) groups is 1. The fourth-order valence-electron chi connectivity index (χ4n) is 2.95. The summed E-state index contributed by atoms with van der Waals surface area (Å²) in [7, 11) is 0. The van der Waals surface area contributed by atoms with E-state index in [1.165, 1.54) is 0 Å². The molecule has 26 heavy (non-hydrogen) atoms. The van der Waals surface area contributed by atoms with Crippen LogP contribution in [0.25, 0.3) is 11.0 Å². The third-order valence-corrected chi connectivity index (χ3v) is 4.34. The molecule has 0 saturated heterocycles. The van der Waals surface area contributed by atoms with E-state index in [0.29, 0.717) is 16.9 Å². The Kier molecular flexibility index (Phi) is 5.52. The fourth-order valence-corrected chi connectivity index (χ4v) is 2.95. The Morgan fingerprint density at radius 1 is 1.12 bits per heavy atom. The molecule has 0 N–H and O–H groups in total. The molecule has 4 nitrogen and oxygen atoms in total. The number of hydrogen-bond donors (Lipinski definition) is 0. The zero-order valence-electron chi connectivity index (χ0n) is 15.0. The molecule has 0 aliphatic heterocycles. The highest BCUT2D eigenvalue weighted by Gasteiger charge is 2.17. The van der Waals surface area contributed by atoms with Crippen molar-refractivity contribution in [1.29, 1.82) is 0 Å². The van der Waals surface area contributed by atoms with E-state index in [4.69, 9.17) is 9.15 Å². The van der Waals surface area contributed by atoms with Gasteiger partial charge < -0.3 is 9.15 Å². The van der Waals surface area contributed by atoms with Crippen LogP contribution < -0.4 is 10.4 Å². The number of benzene rings is 2. The van der Waals surface area contributed by atoms with Crippen molar-refractivity contribution >= 4 is 16.8 Å². The normalized spacial score (nSPS) is 12.1. The number of carbonyl (C=O) groups excluding carboxylic acids is 1. The van der Waals surface area contributed by atoms with E-state index >= 15 is 0 Å². The molecule has 0 saturated carbocycles. The second-order valence-electron chi connectivity index (χ2n) is 6.34. The van der Waals surface area contributed by atoms with Crippen LogP contribution in [-0.2, 0) is 6.42 Å². The SMILES string of the molecule is CCCCc1cc(=O)oc2cc(O[C@H](C)C(=O)c3ccccc3)ccc12. The minimum atomic E-state index is -0.634. The van der Waals surface area contributed by atoms with Gasteiger partial charge in [0, 0.05) is 23.1 Å². The van der Waals surface area contributed by atoms with Crippen LogP contribution >= 0.6 is 0 Å². The number of fused-ring (bicyclic) bond motifs is 1. The summed E-state index contributed by atoms with van der Waals surface area (Å²) < 4.78 is 11.1. The van der Waals surface area contributed by atoms with E-state index in [0.717, 1.165) is 30.2 Å². The van der Waals surface area contributed by atoms with Gasteiger partial charge in [0.05, 0.1) is 0 Å². The highest BCUT2D eigenvalue weighted by atomic mass is 16.5. The lowest BCUT2D eigenvalue weighted by Gasteiger charge is -2.14. The van der Waals surface area contributed by atoms with Gasteiger partial charge >= 0.3 is 5.63 Å². The molecule has 3 rings (SSSR count). The number of ketones is 1. The van der Waals surface area contributed by atoms with Crippen molar-refractivity contribution in [2.75, 3.05) is 0 Å². The van der Waals surface area contributed by atoms with E-state index in [1.54, 1.807) is 31.2 Å². The van der Waals surface area contributed by atoms with Gasteiger partial charge in [0.2, 0.25) is 5.78 Å². The maximum absolute atomic E-state index is 12.4. The molecule has 1 heterocycles. The lowest BCUT2D eigenvalue weighted by Crippen LogP contribution is -2.23. The Bertz CT molecular complexity index is 957. The molecule has 1 aromatic heterocycles. The number of hydrogen-bond acceptors (Lipinski definition) is 4. The lowest BCUT2D eigenvalue weighted by molar-refractivity contribution is 0.0818. The molecule has 4 heteroatoms. The van der Waals surface area contributed by atoms with Crippen LogP contribution in [0.2, 0.25) is 0 Å². The number of unbranched alkanes of at least 4 members (excludes halogenated alkanes) is 1. The van der Waals surface area contributed by atoms with Crippen molar-refractivity contribution < 1.29 is 13.9 Å². The van der Waals surface area contributed by atoms with Gasteiger partial charge in [-0.1, -0.05) is 43.7 Å². The Hall–Kier alpha value is -2.88. The largest absolute Gasteiger partial charge is 0.482 e. The first-order chi connectivity index (χ1) is 12.6. The zero-order valence-corrected chi connectivity index (χ0v) is 15.0. The van der Waals surface area contributed by atoms with Gasteiger partial charge in [-0.2, -0.15) is 0 Å². The Labute approximate surface area is 152 Å². The highest BCUT2D eigenvalue weighted by molar-refractivity contribution is 5.99. The second-order valence-corrected chi connectivity index (χ2v) is 6.34. The summed E-state index contributed by atoms with van der Waals surface area (Å²) >= 11 is 0. The van der Waals surface area contributed by atoms with E-state index in [1.807, 2.05) is 30.3 Å². The molecule has 1 atom stereocenters. The Morgan fingerprint density at radius 3 is 2.62 bits per heavy atom. The first kappa shape index (κ1) is 17.9. The summed E-state index contributed by atoms with van der Waals surface area (Å²) in [6.07, 6.45) is 2.27. The lowest BCUT2D eigenvalue weighted by atomic mass is 10.0. The van der Waals surface area contributed by atoms with Crippen LogP contribution in [0.1, 0.15) is 42.6 Å². The molecule has 0 amide bonds. The van der Waals surface area contributed by atoms with Gasteiger partial charge in [0.15, 0.2) is 6.10 Å². The molecule has 0 bridgehead atoms. The fraction of sp³-hybridized carbons (Fsp3) is 0.273. The van der Waals surface area contributed by atoms with E-state index in [-0.39, 0.29) is 11.4 Å². The maximum Gasteiger partial charge on any atom is 0.336 e. The topological polar surface area (TPSA) is 56.5 Å². The maximum atomic E-state index is 12.4. The van der Waals surface area contributed by atoms with Crippen LogP contribution in [0.3, 0.4) is 0 Å². The van der Waals surface area contributed by atoms with Crippen LogP contribution in [0.5, 0.6) is 5.75 Å². The highest BCUT2D eigenvalue weighted by Crippen LogP contribution is 2.25. The third kappa shape index (κ3) is 4.02. The molecule has 3 aromatic rings. The van der Waals surface area contributed by atoms with Gasteiger partial charge in [0.1, 0.15) is 11.3 Å². The van der Waals surface area contributed by atoms with Crippen molar-refractivity contribution in [3.8, 4) is 5.75 Å². The molecule has 2 aromatic carbocycles. The summed E-state index contributed by atoms with van der Waals surface area (Å²) in [6, 6.07) is 16.0. The standard InChI is InChI=1S/C22H22O4/c1-3-4-8-17-13-21(23)26-20-14-18(11-12-19(17)20)25-15(2)22(24)16-9-6-5-7-10-16/h5-7,9-15H,3-4,8H2,1-2H3/t15-/m1/s1. The molecular weight excluding hydrogens is 328 g/mol. The number of Topliss-reactive ketones (excluding diaryl/α,β-unsaturated/α-hetero) is 1. The van der Waals surface area contributed by atoms with Gasteiger partial charge in [-0.15, -0.1) is 0 Å². The van der Waals surface area contributed by atoms with Crippen molar-refractivity contribution in [3.05, 3.63) is 76.1 Å². The number of ether oxygens (including phenoxy) is 1. The predicted octanol–water partition coefficient (Wildman–Crippen LogP) is 4.79. The number of aryl methyl sites for hydroxylation is 1. The van der Waals surface area contributed by atoms with Crippen LogP contribution in [0.15, 0.2) is 63.8 Å². The third-order valence-electron chi connectivity index (χ3n) is 4.34. The van der Waals surface area contributed by atoms with Crippen molar-refractivity contribution in [3.63, 3.8) is 0 Å². The number of rotatable bonds is 7. The molecule has 0 unspecified atom stereocenters. The summed E-state index contributed by atoms with van der Waals surface area (Å²) in [5.74, 6) is 0.411. The smallest absolute Gasteiger partial charge is 0.336 e. The van der Waals surface area contributed by atoms with Crippen molar-refractivity contribution in [2.45, 2.75) is 39.2 Å². The van der Waals surface area contributed by atoms with Gasteiger partial charge in [-0.25, -0.2) is 4.79 Å². The van der Waals surface area contributed by atoms with Crippen molar-refractivity contribution in [1.82, 2.24) is 0 Å². The molecule has 0 spiro atoms. The summed E-state index contributed by atoms with van der Waals surface area (Å²) in [5, 5.41) is 0.910. The van der Waals surface area contributed by atoms with Crippen LogP contribution in [0, 0.1) is 0 Å². The van der Waals surface area contributed by atoms with Gasteiger partial charge in [-0.3, -0.25) is 4.79 Å². The predicted molar refractivity (Wildman–Crippen MR) is 102 cm³/mol. The molecule has 0 radical (unpaired) electrons. The van der Waals surface area contributed by atoms with E-state index < -0.39 is 6.10 Å². The Morgan fingerprint density at radius 2 is 1.88 bits per heavy atom. The molecule has 0 aliphatic carbocycles. The average molecular weight is 350 g/mol. The molecule has 0 aliphatic rings. The first-order valence-electron chi connectivity index (χ1n) is 8.91. The van der Waals surface area contributed by atoms with Crippen LogP contribution in [0.4, 0.5) is 0 Å². The first-order valence-corrected chi connectivity index (χ1v) is 8.91. The Balaban J connectivity index is 1.85. The molecule has 0 fully saturated rings. The van der Waals surface area contributed by atoms with Gasteiger partial charge in [-0.05, 0) is 37.5 Å². The van der Waals surface area contributed by atoms with Gasteiger partial charge in [0.25, 0.3) is 0 Å². The minimum absolute atomic E-state index is 0.0937. The minimum Gasteiger partial charge on any atom is -0.482 e. The zero-order chi connectivity index (χ0) is 18.5. The summed E-state index contributed by atoms with van der Waals surface area (Å²) in [5.41, 5.74) is 1.71. The van der Waals surface area contributed by atoms with E-state index in [2.05, 4.69) is 6.92 Å². The van der Waals surface area contributed by atoms with E-state index in [9.17, 15) is 9.59 Å². The average Bonchev–Trinajstić information content (AvgIpc) is 2.65. The second kappa shape index (κ2) is 8.00. The van der Waals surface area contributed by atoms with Crippen LogP contribution in [-0.4, -0.2) is 11.9 Å². The summed E-state index contributed by atoms with van der Waals surface area (Å²) in [6.45, 7) is 3.83. The molecular formula is C22H22O4. The quantitative estimate of drug-likeness (QED) is 0.454. The summed E-state index contributed by atoms with van der Waals surface area (Å²) in [4.78, 5) is 24.3. The monoisotopic (exact) mass is 350 g/mol.